The third-order valence-electron chi connectivity index (χ3n) is 3.53. The largest absolute Gasteiger partial charge is 0.469 e. The van der Waals surface area contributed by atoms with Gasteiger partial charge in [0.15, 0.2) is 5.65 Å². The van der Waals surface area contributed by atoms with Crippen molar-refractivity contribution in [3.05, 3.63) is 17.0 Å². The summed E-state index contributed by atoms with van der Waals surface area (Å²) in [4.78, 5) is 11.4. The maximum atomic E-state index is 12.9. The molecule has 7 nitrogen and oxygen atoms in total. The molecule has 0 aliphatic carbocycles. The van der Waals surface area contributed by atoms with Crippen molar-refractivity contribution in [1.82, 2.24) is 19.8 Å². The summed E-state index contributed by atoms with van der Waals surface area (Å²) in [7, 11) is 1.27. The summed E-state index contributed by atoms with van der Waals surface area (Å²) in [5.74, 6) is -1.86. The minimum atomic E-state index is -4.66. The maximum Gasteiger partial charge on any atom is 0.453 e. The number of hydrogen-bond acceptors (Lipinski definition) is 6. The first kappa shape index (κ1) is 17.0. The van der Waals surface area contributed by atoms with Crippen LogP contribution in [0, 0.1) is 19.8 Å². The van der Waals surface area contributed by atoms with Gasteiger partial charge in [-0.15, -0.1) is 15.3 Å². The van der Waals surface area contributed by atoms with Gasteiger partial charge in [0.2, 0.25) is 0 Å². The SMILES string of the molecule is COC(=O)[C@H](C)CNc1nn2c(C(F)(F)F)nnc2c(C)c1C. The number of alkyl halides is 3. The summed E-state index contributed by atoms with van der Waals surface area (Å²) in [5, 5.41) is 13.5. The fourth-order valence-electron chi connectivity index (χ4n) is 2.01. The van der Waals surface area contributed by atoms with Gasteiger partial charge in [0, 0.05) is 12.1 Å². The summed E-state index contributed by atoms with van der Waals surface area (Å²) in [5.41, 5.74) is 1.20. The number of aryl methyl sites for hydroxylation is 1. The molecule has 0 amide bonds. The van der Waals surface area contributed by atoms with Gasteiger partial charge in [0.25, 0.3) is 5.82 Å². The van der Waals surface area contributed by atoms with Gasteiger partial charge in [-0.2, -0.15) is 17.7 Å². The molecule has 2 rings (SSSR count). The number of aromatic nitrogens is 4. The zero-order chi connectivity index (χ0) is 17.4. The number of rotatable bonds is 4. The molecule has 2 aromatic heterocycles. The molecule has 0 spiro atoms. The van der Waals surface area contributed by atoms with Gasteiger partial charge in [-0.1, -0.05) is 6.92 Å². The van der Waals surface area contributed by atoms with Crippen LogP contribution in [0.15, 0.2) is 0 Å². The summed E-state index contributed by atoms with van der Waals surface area (Å²) >= 11 is 0. The second-order valence-electron chi connectivity index (χ2n) is 5.16. The Morgan fingerprint density at radius 3 is 2.52 bits per heavy atom. The van der Waals surface area contributed by atoms with Gasteiger partial charge >= 0.3 is 12.1 Å². The van der Waals surface area contributed by atoms with Crippen molar-refractivity contribution in [1.29, 1.82) is 0 Å². The van der Waals surface area contributed by atoms with Crippen LogP contribution in [-0.2, 0) is 15.7 Å². The Bertz CT molecular complexity index is 741. The fraction of sp³-hybridized carbons (Fsp3) is 0.538. The van der Waals surface area contributed by atoms with Crippen LogP contribution >= 0.6 is 0 Å². The summed E-state index contributed by atoms with van der Waals surface area (Å²) in [6.45, 7) is 5.15. The first-order valence-electron chi connectivity index (χ1n) is 6.78. The van der Waals surface area contributed by atoms with Crippen molar-refractivity contribution in [2.45, 2.75) is 26.9 Å². The lowest BCUT2D eigenvalue weighted by Crippen LogP contribution is -2.23. The highest BCUT2D eigenvalue weighted by Gasteiger charge is 2.38. The number of methoxy groups -OCH3 is 1. The first-order valence-corrected chi connectivity index (χ1v) is 6.78. The molecule has 1 N–H and O–H groups in total. The van der Waals surface area contributed by atoms with Crippen molar-refractivity contribution in [2.24, 2.45) is 5.92 Å². The predicted octanol–water partition coefficient (Wildman–Crippen LogP) is 1.98. The molecule has 0 radical (unpaired) electrons. The Labute approximate surface area is 129 Å². The van der Waals surface area contributed by atoms with Crippen molar-refractivity contribution >= 4 is 17.4 Å². The molecule has 0 aliphatic rings. The molecule has 0 saturated carbocycles. The molecule has 1 atom stereocenters. The molecular weight excluding hydrogens is 315 g/mol. The van der Waals surface area contributed by atoms with Crippen LogP contribution < -0.4 is 5.32 Å². The minimum absolute atomic E-state index is 0.0430. The molecule has 126 valence electrons. The van der Waals surface area contributed by atoms with Crippen LogP contribution in [0.25, 0.3) is 5.65 Å². The highest BCUT2D eigenvalue weighted by Crippen LogP contribution is 2.29. The van der Waals surface area contributed by atoms with E-state index in [4.69, 9.17) is 0 Å². The number of halogens is 3. The van der Waals surface area contributed by atoms with E-state index in [0.29, 0.717) is 15.6 Å². The summed E-state index contributed by atoms with van der Waals surface area (Å²) in [6, 6.07) is 0. The molecule has 0 aromatic carbocycles. The van der Waals surface area contributed by atoms with Crippen LogP contribution in [0.4, 0.5) is 19.0 Å². The Hall–Kier alpha value is -2.39. The van der Waals surface area contributed by atoms with E-state index in [0.717, 1.165) is 0 Å². The van der Waals surface area contributed by atoms with Crippen molar-refractivity contribution in [2.75, 3.05) is 19.0 Å². The van der Waals surface area contributed by atoms with E-state index in [-0.39, 0.29) is 18.0 Å². The van der Waals surface area contributed by atoms with Crippen molar-refractivity contribution < 1.29 is 22.7 Å². The molecular formula is C13H16F3N5O2. The second kappa shape index (κ2) is 6.01. The number of nitrogens with one attached hydrogen (secondary N) is 1. The Balaban J connectivity index is 2.40. The smallest absolute Gasteiger partial charge is 0.453 e. The lowest BCUT2D eigenvalue weighted by atomic mass is 10.1. The number of fused-ring (bicyclic) bond motifs is 1. The monoisotopic (exact) mass is 331 g/mol. The van der Waals surface area contributed by atoms with Gasteiger partial charge in [-0.05, 0) is 19.4 Å². The molecule has 23 heavy (non-hydrogen) atoms. The van der Waals surface area contributed by atoms with E-state index >= 15 is 0 Å². The number of anilines is 1. The van der Waals surface area contributed by atoms with Crippen LogP contribution in [0.5, 0.6) is 0 Å². The number of esters is 1. The zero-order valence-electron chi connectivity index (χ0n) is 13.0. The van der Waals surface area contributed by atoms with Gasteiger partial charge < -0.3 is 10.1 Å². The van der Waals surface area contributed by atoms with Gasteiger partial charge in [0.05, 0.1) is 13.0 Å². The Morgan fingerprint density at radius 1 is 1.30 bits per heavy atom. The average molecular weight is 331 g/mol. The lowest BCUT2D eigenvalue weighted by molar-refractivity contribution is -0.146. The molecule has 0 unspecified atom stereocenters. The lowest BCUT2D eigenvalue weighted by Gasteiger charge is -2.14. The van der Waals surface area contributed by atoms with Crippen LogP contribution in [0.2, 0.25) is 0 Å². The Morgan fingerprint density at radius 2 is 1.96 bits per heavy atom. The Kier molecular flexibility index (Phi) is 4.44. The molecule has 0 bridgehead atoms. The highest BCUT2D eigenvalue weighted by molar-refractivity contribution is 5.72. The average Bonchev–Trinajstić information content (AvgIpc) is 2.92. The molecule has 2 aromatic rings. The number of hydrogen-bond donors (Lipinski definition) is 1. The third-order valence-corrected chi connectivity index (χ3v) is 3.53. The molecule has 2 heterocycles. The van der Waals surface area contributed by atoms with Crippen LogP contribution in [-0.4, -0.2) is 39.4 Å². The third kappa shape index (κ3) is 3.20. The number of carbonyl (C=O) groups excluding carboxylic acids is 1. The van der Waals surface area contributed by atoms with E-state index in [9.17, 15) is 18.0 Å². The molecule has 0 saturated heterocycles. The minimum Gasteiger partial charge on any atom is -0.469 e. The molecule has 0 aliphatic heterocycles. The zero-order valence-corrected chi connectivity index (χ0v) is 13.0. The van der Waals surface area contributed by atoms with Gasteiger partial charge in [-0.25, -0.2) is 0 Å². The first-order chi connectivity index (χ1) is 10.7. The maximum absolute atomic E-state index is 12.9. The second-order valence-corrected chi connectivity index (χ2v) is 5.16. The number of carbonyl (C=O) groups is 1. The molecule has 0 fully saturated rings. The van der Waals surface area contributed by atoms with Gasteiger partial charge in [0.1, 0.15) is 5.82 Å². The number of ether oxygens (including phenoxy) is 1. The topological polar surface area (TPSA) is 81.4 Å². The quantitative estimate of drug-likeness (QED) is 0.863. The summed E-state index contributed by atoms with van der Waals surface area (Å²) < 4.78 is 44.1. The van der Waals surface area contributed by atoms with E-state index in [1.807, 2.05) is 0 Å². The van der Waals surface area contributed by atoms with E-state index in [2.05, 4.69) is 25.3 Å². The molecule has 10 heteroatoms. The van der Waals surface area contributed by atoms with Gasteiger partial charge in [-0.3, -0.25) is 4.79 Å². The summed E-state index contributed by atoms with van der Waals surface area (Å²) in [6.07, 6.45) is -4.66. The normalized spacial score (nSPS) is 13.2. The standard InChI is InChI=1S/C13H16F3N5O2/c1-6(11(22)23-4)5-17-9-7(2)8(3)10-18-19-12(13(14,15)16)21(10)20-9/h6H,5H2,1-4H3,(H,17,20)/t6-/m1/s1. The van der Waals surface area contributed by atoms with Crippen molar-refractivity contribution in [3.8, 4) is 0 Å². The van der Waals surface area contributed by atoms with E-state index in [1.54, 1.807) is 20.8 Å². The predicted molar refractivity (Wildman–Crippen MR) is 74.9 cm³/mol. The van der Waals surface area contributed by atoms with E-state index < -0.39 is 23.9 Å². The highest BCUT2D eigenvalue weighted by atomic mass is 19.4. The van der Waals surface area contributed by atoms with E-state index in [1.165, 1.54) is 7.11 Å². The fourth-order valence-corrected chi connectivity index (χ4v) is 2.01. The van der Waals surface area contributed by atoms with Crippen LogP contribution in [0.1, 0.15) is 23.9 Å². The van der Waals surface area contributed by atoms with Crippen LogP contribution in [0.3, 0.4) is 0 Å². The number of nitrogens with zero attached hydrogens (tertiary/aromatic N) is 4. The van der Waals surface area contributed by atoms with Crippen molar-refractivity contribution in [3.63, 3.8) is 0 Å².